The highest BCUT2D eigenvalue weighted by atomic mass is 32.2. The standard InChI is InChI=1S/C18H20F2N2O3S/c1-12(17(24)22-18(11-21)7-3-2-4-8-18)25-16(23)10-26-15-9-13(19)5-6-14(15)20/h5-6,9,12H,2-4,7-8,10H2,1H3,(H,22,24)/t12-/m0/s1. The minimum absolute atomic E-state index is 0.00954. The van der Waals surface area contributed by atoms with Crippen LogP contribution in [0.2, 0.25) is 0 Å². The van der Waals surface area contributed by atoms with Gasteiger partial charge in [-0.15, -0.1) is 11.8 Å². The van der Waals surface area contributed by atoms with Crippen LogP contribution >= 0.6 is 11.8 Å². The van der Waals surface area contributed by atoms with Gasteiger partial charge in [0.1, 0.15) is 17.2 Å². The molecule has 1 aromatic carbocycles. The quantitative estimate of drug-likeness (QED) is 0.603. The molecule has 0 radical (unpaired) electrons. The molecule has 0 aliphatic heterocycles. The Bertz CT molecular complexity index is 715. The number of esters is 1. The molecule has 1 aromatic rings. The number of nitrogens with zero attached hydrogens (tertiary/aromatic N) is 1. The first-order valence-electron chi connectivity index (χ1n) is 8.36. The van der Waals surface area contributed by atoms with Gasteiger partial charge in [0.25, 0.3) is 5.91 Å². The Kier molecular flexibility index (Phi) is 6.98. The van der Waals surface area contributed by atoms with Crippen LogP contribution in [0.3, 0.4) is 0 Å². The highest BCUT2D eigenvalue weighted by Gasteiger charge is 2.35. The molecule has 26 heavy (non-hydrogen) atoms. The summed E-state index contributed by atoms with van der Waals surface area (Å²) in [5, 5.41) is 12.1. The van der Waals surface area contributed by atoms with Crippen molar-refractivity contribution < 1.29 is 23.1 Å². The van der Waals surface area contributed by atoms with Gasteiger partial charge in [0, 0.05) is 4.90 Å². The number of halogens is 2. The van der Waals surface area contributed by atoms with Crippen LogP contribution in [0.25, 0.3) is 0 Å². The van der Waals surface area contributed by atoms with Gasteiger partial charge in [-0.25, -0.2) is 8.78 Å². The van der Waals surface area contributed by atoms with E-state index in [1.165, 1.54) is 6.92 Å². The summed E-state index contributed by atoms with van der Waals surface area (Å²) < 4.78 is 31.7. The first kappa shape index (κ1) is 20.2. The van der Waals surface area contributed by atoms with E-state index in [0.717, 1.165) is 49.2 Å². The summed E-state index contributed by atoms with van der Waals surface area (Å²) >= 11 is 0.789. The molecule has 1 atom stereocenters. The molecule has 2 rings (SSSR count). The summed E-state index contributed by atoms with van der Waals surface area (Å²) in [5.41, 5.74) is -0.907. The topological polar surface area (TPSA) is 79.2 Å². The Hall–Kier alpha value is -2.14. The molecule has 8 heteroatoms. The van der Waals surface area contributed by atoms with Crippen molar-refractivity contribution in [2.45, 2.75) is 55.6 Å². The average Bonchev–Trinajstić information content (AvgIpc) is 2.63. The van der Waals surface area contributed by atoms with E-state index in [-0.39, 0.29) is 10.6 Å². The van der Waals surface area contributed by atoms with Crippen molar-refractivity contribution in [1.82, 2.24) is 5.32 Å². The Morgan fingerprint density at radius 2 is 2.04 bits per heavy atom. The molecule has 0 saturated heterocycles. The van der Waals surface area contributed by atoms with Crippen molar-refractivity contribution in [2.75, 3.05) is 5.75 Å². The average molecular weight is 382 g/mol. The maximum Gasteiger partial charge on any atom is 0.317 e. The normalized spacial score (nSPS) is 17.0. The molecule has 1 fully saturated rings. The Balaban J connectivity index is 1.85. The number of hydrogen-bond donors (Lipinski definition) is 1. The fourth-order valence-corrected chi connectivity index (χ4v) is 3.51. The van der Waals surface area contributed by atoms with Gasteiger partial charge in [0.2, 0.25) is 0 Å². The Morgan fingerprint density at radius 3 is 2.69 bits per heavy atom. The first-order chi connectivity index (χ1) is 12.3. The minimum atomic E-state index is -1.08. The maximum atomic E-state index is 13.5. The predicted octanol–water partition coefficient (Wildman–Crippen LogP) is 3.33. The van der Waals surface area contributed by atoms with Crippen molar-refractivity contribution in [3.63, 3.8) is 0 Å². The van der Waals surface area contributed by atoms with Gasteiger partial charge in [0.15, 0.2) is 6.10 Å². The van der Waals surface area contributed by atoms with E-state index in [2.05, 4.69) is 11.4 Å². The molecule has 1 saturated carbocycles. The summed E-state index contributed by atoms with van der Waals surface area (Å²) in [6.07, 6.45) is 2.82. The summed E-state index contributed by atoms with van der Waals surface area (Å²) in [5.74, 6) is -2.77. The lowest BCUT2D eigenvalue weighted by molar-refractivity contribution is -0.152. The van der Waals surface area contributed by atoms with Crippen LogP contribution in [0.5, 0.6) is 0 Å². The maximum absolute atomic E-state index is 13.5. The summed E-state index contributed by atoms with van der Waals surface area (Å²) in [6, 6.07) is 5.11. The van der Waals surface area contributed by atoms with Crippen molar-refractivity contribution in [3.8, 4) is 6.07 Å². The van der Waals surface area contributed by atoms with Crippen LogP contribution in [0.1, 0.15) is 39.0 Å². The zero-order valence-electron chi connectivity index (χ0n) is 14.4. The van der Waals surface area contributed by atoms with E-state index in [1.807, 2.05) is 0 Å². The zero-order chi connectivity index (χ0) is 19.2. The largest absolute Gasteiger partial charge is 0.452 e. The molecular formula is C18H20F2N2O3S. The van der Waals surface area contributed by atoms with Gasteiger partial charge in [0.05, 0.1) is 11.8 Å². The highest BCUT2D eigenvalue weighted by molar-refractivity contribution is 8.00. The van der Waals surface area contributed by atoms with Crippen molar-refractivity contribution in [2.24, 2.45) is 0 Å². The third-order valence-electron chi connectivity index (χ3n) is 4.20. The van der Waals surface area contributed by atoms with Crippen LogP contribution in [0.4, 0.5) is 8.78 Å². The number of amides is 1. The number of nitriles is 1. The first-order valence-corrected chi connectivity index (χ1v) is 9.34. The van der Waals surface area contributed by atoms with Gasteiger partial charge in [-0.2, -0.15) is 5.26 Å². The van der Waals surface area contributed by atoms with Crippen LogP contribution < -0.4 is 5.32 Å². The minimum Gasteiger partial charge on any atom is -0.452 e. The number of benzene rings is 1. The van der Waals surface area contributed by atoms with Crippen LogP contribution in [-0.2, 0) is 14.3 Å². The molecule has 0 bridgehead atoms. The lowest BCUT2D eigenvalue weighted by Gasteiger charge is -2.32. The lowest BCUT2D eigenvalue weighted by atomic mass is 9.83. The molecule has 1 N–H and O–H groups in total. The van der Waals surface area contributed by atoms with Gasteiger partial charge in [-0.3, -0.25) is 9.59 Å². The molecule has 140 valence electrons. The van der Waals surface area contributed by atoms with Crippen LogP contribution in [0, 0.1) is 23.0 Å². The molecule has 1 aliphatic rings. The molecule has 0 heterocycles. The number of thioether (sulfide) groups is 1. The van der Waals surface area contributed by atoms with Crippen molar-refractivity contribution in [3.05, 3.63) is 29.8 Å². The predicted molar refractivity (Wildman–Crippen MR) is 92.2 cm³/mol. The third kappa shape index (κ3) is 5.43. The lowest BCUT2D eigenvalue weighted by Crippen LogP contribution is -2.52. The zero-order valence-corrected chi connectivity index (χ0v) is 15.2. The van der Waals surface area contributed by atoms with E-state index in [9.17, 15) is 23.6 Å². The third-order valence-corrected chi connectivity index (χ3v) is 5.20. The smallest absolute Gasteiger partial charge is 0.317 e. The summed E-state index contributed by atoms with van der Waals surface area (Å²) in [6.45, 7) is 1.41. The van der Waals surface area contributed by atoms with E-state index >= 15 is 0 Å². The second-order valence-electron chi connectivity index (χ2n) is 6.24. The Morgan fingerprint density at radius 1 is 1.35 bits per heavy atom. The van der Waals surface area contributed by atoms with E-state index < -0.39 is 35.2 Å². The summed E-state index contributed by atoms with van der Waals surface area (Å²) in [7, 11) is 0. The van der Waals surface area contributed by atoms with E-state index in [1.54, 1.807) is 0 Å². The molecule has 1 aliphatic carbocycles. The van der Waals surface area contributed by atoms with Gasteiger partial charge in [-0.1, -0.05) is 19.3 Å². The second-order valence-corrected chi connectivity index (χ2v) is 7.26. The van der Waals surface area contributed by atoms with Gasteiger partial charge < -0.3 is 10.1 Å². The van der Waals surface area contributed by atoms with Gasteiger partial charge in [-0.05, 0) is 38.0 Å². The number of carbonyl (C=O) groups excluding carboxylic acids is 2. The van der Waals surface area contributed by atoms with E-state index in [4.69, 9.17) is 4.74 Å². The van der Waals surface area contributed by atoms with Crippen molar-refractivity contribution >= 4 is 23.6 Å². The van der Waals surface area contributed by atoms with E-state index in [0.29, 0.717) is 12.8 Å². The second kappa shape index (κ2) is 8.99. The number of nitrogens with one attached hydrogen (secondary N) is 1. The molecule has 0 unspecified atom stereocenters. The fourth-order valence-electron chi connectivity index (χ4n) is 2.77. The van der Waals surface area contributed by atoms with Crippen LogP contribution in [-0.4, -0.2) is 29.3 Å². The van der Waals surface area contributed by atoms with Gasteiger partial charge >= 0.3 is 5.97 Å². The van der Waals surface area contributed by atoms with Crippen LogP contribution in [0.15, 0.2) is 23.1 Å². The Labute approximate surface area is 155 Å². The number of rotatable bonds is 6. The number of carbonyl (C=O) groups is 2. The molecule has 0 aromatic heterocycles. The fraction of sp³-hybridized carbons (Fsp3) is 0.500. The monoisotopic (exact) mass is 382 g/mol. The number of ether oxygens (including phenoxy) is 1. The molecule has 1 amide bonds. The molecular weight excluding hydrogens is 362 g/mol. The highest BCUT2D eigenvalue weighted by Crippen LogP contribution is 2.28. The SMILES string of the molecule is C[C@H](OC(=O)CSc1cc(F)ccc1F)C(=O)NC1(C#N)CCCCC1. The number of hydrogen-bond acceptors (Lipinski definition) is 5. The molecule has 0 spiro atoms. The summed E-state index contributed by atoms with van der Waals surface area (Å²) in [4.78, 5) is 24.1. The van der Waals surface area contributed by atoms with Crippen molar-refractivity contribution in [1.29, 1.82) is 5.26 Å². The molecule has 5 nitrogen and oxygen atoms in total.